The van der Waals surface area contributed by atoms with Gasteiger partial charge in [-0.15, -0.1) is 0 Å². The minimum Gasteiger partial charge on any atom is -0.444 e. The highest BCUT2D eigenvalue weighted by atomic mass is 19.1. The molecular formula is C13H16FNO3. The monoisotopic (exact) mass is 253 g/mol. The van der Waals surface area contributed by atoms with Crippen LogP contribution in [0.5, 0.6) is 0 Å². The normalized spacial score (nSPS) is 11.1. The lowest BCUT2D eigenvalue weighted by molar-refractivity contribution is 0.0366. The molecule has 0 radical (unpaired) electrons. The number of halogens is 1. The van der Waals surface area contributed by atoms with Gasteiger partial charge in [-0.05, 0) is 44.5 Å². The first-order chi connectivity index (χ1) is 8.30. The minimum atomic E-state index is -0.866. The van der Waals surface area contributed by atoms with E-state index in [0.717, 1.165) is 0 Å². The second kappa shape index (κ2) is 5.62. The lowest BCUT2D eigenvalue weighted by Gasteiger charge is -2.23. The van der Waals surface area contributed by atoms with Crippen molar-refractivity contribution in [2.45, 2.75) is 32.3 Å². The van der Waals surface area contributed by atoms with Crippen molar-refractivity contribution in [3.63, 3.8) is 0 Å². The summed E-state index contributed by atoms with van der Waals surface area (Å²) in [5.74, 6) is -0.514. The van der Waals surface area contributed by atoms with E-state index in [0.29, 0.717) is 12.0 Å². The van der Waals surface area contributed by atoms with Crippen molar-refractivity contribution in [2.75, 3.05) is 0 Å². The standard InChI is InChI=1S/C13H16FNO3/c1-13(2,18-12(15)17)8-7-11(16)9-3-5-10(14)6-4-9/h3-6H,7-8H2,1-2H3,(H2,15,17). The Balaban J connectivity index is 2.55. The number of ketones is 1. The maximum Gasteiger partial charge on any atom is 0.405 e. The summed E-state index contributed by atoms with van der Waals surface area (Å²) >= 11 is 0. The Kier molecular flexibility index (Phi) is 4.42. The van der Waals surface area contributed by atoms with E-state index < -0.39 is 11.7 Å². The Hall–Kier alpha value is -1.91. The zero-order chi connectivity index (χ0) is 13.8. The summed E-state index contributed by atoms with van der Waals surface area (Å²) in [4.78, 5) is 22.4. The van der Waals surface area contributed by atoms with Crippen LogP contribution >= 0.6 is 0 Å². The second-order valence-electron chi connectivity index (χ2n) is 4.61. The summed E-state index contributed by atoms with van der Waals surface area (Å²) in [7, 11) is 0. The molecule has 0 unspecified atom stereocenters. The van der Waals surface area contributed by atoms with Gasteiger partial charge < -0.3 is 10.5 Å². The number of amides is 1. The number of rotatable bonds is 5. The first-order valence-electron chi connectivity index (χ1n) is 5.57. The first-order valence-corrected chi connectivity index (χ1v) is 5.57. The van der Waals surface area contributed by atoms with Gasteiger partial charge in [-0.1, -0.05) is 0 Å². The van der Waals surface area contributed by atoms with Crippen LogP contribution in [-0.4, -0.2) is 17.5 Å². The summed E-state index contributed by atoms with van der Waals surface area (Å²) in [6, 6.07) is 5.33. The molecule has 1 amide bonds. The van der Waals surface area contributed by atoms with E-state index in [2.05, 4.69) is 0 Å². The van der Waals surface area contributed by atoms with Crippen LogP contribution in [0.15, 0.2) is 24.3 Å². The smallest absolute Gasteiger partial charge is 0.405 e. The Morgan fingerprint density at radius 3 is 2.33 bits per heavy atom. The third-order valence-corrected chi connectivity index (χ3v) is 2.50. The van der Waals surface area contributed by atoms with Crippen LogP contribution in [0.1, 0.15) is 37.0 Å². The maximum absolute atomic E-state index is 12.7. The number of nitrogens with two attached hydrogens (primary N) is 1. The highest BCUT2D eigenvalue weighted by molar-refractivity contribution is 5.96. The molecule has 0 aliphatic carbocycles. The predicted octanol–water partition coefficient (Wildman–Crippen LogP) is 2.66. The van der Waals surface area contributed by atoms with Crippen LogP contribution < -0.4 is 5.73 Å². The number of Topliss-reactive ketones (excluding diaryl/α,β-unsaturated/α-hetero) is 1. The number of hydrogen-bond donors (Lipinski definition) is 1. The van der Waals surface area contributed by atoms with E-state index in [4.69, 9.17) is 10.5 Å². The molecule has 0 aromatic heterocycles. The number of ether oxygens (including phenoxy) is 1. The average Bonchev–Trinajstić information content (AvgIpc) is 2.25. The Morgan fingerprint density at radius 2 is 1.83 bits per heavy atom. The molecule has 0 aliphatic heterocycles. The molecule has 0 bridgehead atoms. The van der Waals surface area contributed by atoms with E-state index in [9.17, 15) is 14.0 Å². The van der Waals surface area contributed by atoms with E-state index in [1.165, 1.54) is 24.3 Å². The summed E-state index contributed by atoms with van der Waals surface area (Å²) in [5, 5.41) is 0. The van der Waals surface area contributed by atoms with Crippen molar-refractivity contribution in [1.29, 1.82) is 0 Å². The largest absolute Gasteiger partial charge is 0.444 e. The molecule has 0 spiro atoms. The zero-order valence-electron chi connectivity index (χ0n) is 10.4. The van der Waals surface area contributed by atoms with Gasteiger partial charge in [-0.25, -0.2) is 9.18 Å². The van der Waals surface area contributed by atoms with Crippen molar-refractivity contribution in [1.82, 2.24) is 0 Å². The minimum absolute atomic E-state index is 0.129. The molecule has 0 heterocycles. The first kappa shape index (κ1) is 14.2. The van der Waals surface area contributed by atoms with Gasteiger partial charge in [-0.3, -0.25) is 4.79 Å². The van der Waals surface area contributed by atoms with E-state index in [-0.39, 0.29) is 18.0 Å². The lowest BCUT2D eigenvalue weighted by atomic mass is 9.98. The molecule has 0 fully saturated rings. The third-order valence-electron chi connectivity index (χ3n) is 2.50. The van der Waals surface area contributed by atoms with Crippen molar-refractivity contribution >= 4 is 11.9 Å². The summed E-state index contributed by atoms with van der Waals surface area (Å²) in [6.07, 6.45) is -0.313. The Morgan fingerprint density at radius 1 is 1.28 bits per heavy atom. The molecule has 0 aliphatic rings. The lowest BCUT2D eigenvalue weighted by Crippen LogP contribution is -2.31. The van der Waals surface area contributed by atoms with Crippen molar-refractivity contribution in [3.05, 3.63) is 35.6 Å². The summed E-state index contributed by atoms with van der Waals surface area (Å²) < 4.78 is 17.6. The van der Waals surface area contributed by atoms with Crippen LogP contribution in [0, 0.1) is 5.82 Å². The van der Waals surface area contributed by atoms with Crippen LogP contribution in [0.3, 0.4) is 0 Å². The molecule has 2 N–H and O–H groups in total. The number of primary amides is 1. The zero-order valence-corrected chi connectivity index (χ0v) is 10.4. The molecule has 1 aromatic rings. The van der Waals surface area contributed by atoms with Gasteiger partial charge >= 0.3 is 6.09 Å². The highest BCUT2D eigenvalue weighted by Gasteiger charge is 2.23. The Labute approximate surface area is 105 Å². The molecule has 4 nitrogen and oxygen atoms in total. The van der Waals surface area contributed by atoms with Gasteiger partial charge in [0.25, 0.3) is 0 Å². The molecule has 0 saturated heterocycles. The van der Waals surface area contributed by atoms with Gasteiger partial charge in [-0.2, -0.15) is 0 Å². The van der Waals surface area contributed by atoms with Crippen LogP contribution in [0.25, 0.3) is 0 Å². The Bertz CT molecular complexity index is 440. The number of carbonyl (C=O) groups excluding carboxylic acids is 2. The van der Waals surface area contributed by atoms with Gasteiger partial charge in [0.2, 0.25) is 0 Å². The van der Waals surface area contributed by atoms with Crippen LogP contribution in [0.4, 0.5) is 9.18 Å². The topological polar surface area (TPSA) is 69.4 Å². The van der Waals surface area contributed by atoms with Gasteiger partial charge in [0.05, 0.1) is 0 Å². The molecule has 5 heteroatoms. The van der Waals surface area contributed by atoms with Crippen molar-refractivity contribution in [3.8, 4) is 0 Å². The fourth-order valence-electron chi connectivity index (χ4n) is 1.52. The number of carbonyl (C=O) groups is 2. The molecule has 1 rings (SSSR count). The van der Waals surface area contributed by atoms with Gasteiger partial charge in [0, 0.05) is 12.0 Å². The van der Waals surface area contributed by atoms with Crippen LogP contribution in [0.2, 0.25) is 0 Å². The molecule has 0 saturated carbocycles. The molecule has 98 valence electrons. The van der Waals surface area contributed by atoms with Gasteiger partial charge in [0.1, 0.15) is 11.4 Å². The summed E-state index contributed by atoms with van der Waals surface area (Å²) in [6.45, 7) is 3.35. The van der Waals surface area contributed by atoms with E-state index >= 15 is 0 Å². The molecule has 18 heavy (non-hydrogen) atoms. The fraction of sp³-hybridized carbons (Fsp3) is 0.385. The molecule has 1 aromatic carbocycles. The number of hydrogen-bond acceptors (Lipinski definition) is 3. The highest BCUT2D eigenvalue weighted by Crippen LogP contribution is 2.18. The van der Waals surface area contributed by atoms with E-state index in [1.54, 1.807) is 13.8 Å². The quantitative estimate of drug-likeness (QED) is 0.820. The maximum atomic E-state index is 12.7. The third kappa shape index (κ3) is 4.53. The predicted molar refractivity (Wildman–Crippen MR) is 64.7 cm³/mol. The fourth-order valence-corrected chi connectivity index (χ4v) is 1.52. The van der Waals surface area contributed by atoms with Gasteiger partial charge in [0.15, 0.2) is 5.78 Å². The average molecular weight is 253 g/mol. The van der Waals surface area contributed by atoms with Crippen LogP contribution in [-0.2, 0) is 4.74 Å². The SMILES string of the molecule is CC(C)(CCC(=O)c1ccc(F)cc1)OC(N)=O. The summed E-state index contributed by atoms with van der Waals surface area (Å²) in [5.41, 5.74) is 4.57. The molecule has 0 atom stereocenters. The van der Waals surface area contributed by atoms with E-state index in [1.807, 2.05) is 0 Å². The second-order valence-corrected chi connectivity index (χ2v) is 4.61. The van der Waals surface area contributed by atoms with Crippen molar-refractivity contribution < 1.29 is 18.7 Å². The number of benzene rings is 1. The van der Waals surface area contributed by atoms with Crippen molar-refractivity contribution in [2.24, 2.45) is 5.73 Å². The molecular weight excluding hydrogens is 237 g/mol.